The molecule has 0 aliphatic carbocycles. The van der Waals surface area contributed by atoms with Crippen LogP contribution in [0.3, 0.4) is 0 Å². The van der Waals surface area contributed by atoms with E-state index in [1.807, 2.05) is 38.1 Å². The van der Waals surface area contributed by atoms with E-state index in [-0.39, 0.29) is 5.91 Å². The molecule has 0 atom stereocenters. The van der Waals surface area contributed by atoms with Crippen molar-refractivity contribution in [1.82, 2.24) is 20.4 Å². The number of H-pyrrole nitrogens is 2. The number of anilines is 1. The molecule has 0 saturated carbocycles. The molecule has 26 heavy (non-hydrogen) atoms. The van der Waals surface area contributed by atoms with Gasteiger partial charge in [0.15, 0.2) is 11.6 Å². The van der Waals surface area contributed by atoms with Crippen LogP contribution < -0.4 is 5.32 Å². The molecule has 0 radical (unpaired) electrons. The molecule has 0 saturated heterocycles. The van der Waals surface area contributed by atoms with Gasteiger partial charge in [0.25, 0.3) is 5.91 Å². The maximum Gasteiger partial charge on any atom is 0.256 e. The average molecular weight is 347 g/mol. The number of aromatic amines is 2. The maximum absolute atomic E-state index is 12.5. The van der Waals surface area contributed by atoms with Gasteiger partial charge in [-0.1, -0.05) is 12.1 Å². The zero-order chi connectivity index (χ0) is 18.1. The Bertz CT molecular complexity index is 1040. The van der Waals surface area contributed by atoms with Crippen molar-refractivity contribution in [3.05, 3.63) is 65.7 Å². The van der Waals surface area contributed by atoms with Crippen LogP contribution in [0.1, 0.15) is 21.7 Å². The summed E-state index contributed by atoms with van der Waals surface area (Å²) in [6, 6.07) is 11.1. The summed E-state index contributed by atoms with van der Waals surface area (Å²) in [4.78, 5) is 12.5. The molecule has 0 bridgehead atoms. The molecule has 7 nitrogen and oxygen atoms in total. The molecule has 1 aromatic carbocycles. The highest BCUT2D eigenvalue weighted by molar-refractivity contribution is 6.04. The SMILES string of the molecule is Cc1ccc(-c2[nH]nc(NC(=O)c3ccc(-c4cn[nH]c4)cc3)c2C)o1. The van der Waals surface area contributed by atoms with Crippen molar-refractivity contribution in [2.24, 2.45) is 0 Å². The highest BCUT2D eigenvalue weighted by Crippen LogP contribution is 2.27. The van der Waals surface area contributed by atoms with E-state index < -0.39 is 0 Å². The molecule has 0 unspecified atom stereocenters. The summed E-state index contributed by atoms with van der Waals surface area (Å²) >= 11 is 0. The quantitative estimate of drug-likeness (QED) is 0.521. The van der Waals surface area contributed by atoms with Crippen LogP contribution in [-0.4, -0.2) is 26.3 Å². The Morgan fingerprint density at radius 2 is 1.88 bits per heavy atom. The third kappa shape index (κ3) is 2.90. The second-order valence-electron chi connectivity index (χ2n) is 6.00. The minimum Gasteiger partial charge on any atom is -0.460 e. The van der Waals surface area contributed by atoms with Crippen molar-refractivity contribution in [2.75, 3.05) is 5.32 Å². The standard InChI is InChI=1S/C19H17N5O2/c1-11-3-8-16(26-11)17-12(2)18(24-23-17)22-19(25)14-6-4-13(5-7-14)15-9-20-21-10-15/h3-10H,1-2H3,(H,20,21)(H2,22,23,24,25). The Hall–Kier alpha value is -3.61. The van der Waals surface area contributed by atoms with Gasteiger partial charge in [0, 0.05) is 22.9 Å². The normalized spacial score (nSPS) is 10.8. The van der Waals surface area contributed by atoms with Crippen LogP contribution >= 0.6 is 0 Å². The second-order valence-corrected chi connectivity index (χ2v) is 6.00. The number of furan rings is 1. The van der Waals surface area contributed by atoms with Crippen molar-refractivity contribution in [3.8, 4) is 22.6 Å². The van der Waals surface area contributed by atoms with Crippen LogP contribution in [0.2, 0.25) is 0 Å². The van der Waals surface area contributed by atoms with Crippen LogP contribution in [0.4, 0.5) is 5.82 Å². The number of aryl methyl sites for hydroxylation is 1. The van der Waals surface area contributed by atoms with E-state index in [0.29, 0.717) is 17.1 Å². The first-order chi connectivity index (χ1) is 12.6. The summed E-state index contributed by atoms with van der Waals surface area (Å²) in [5.41, 5.74) is 4.08. The van der Waals surface area contributed by atoms with E-state index >= 15 is 0 Å². The summed E-state index contributed by atoms with van der Waals surface area (Å²) in [5, 5.41) is 16.7. The van der Waals surface area contributed by atoms with E-state index in [9.17, 15) is 4.79 Å². The van der Waals surface area contributed by atoms with Crippen molar-refractivity contribution in [1.29, 1.82) is 0 Å². The van der Waals surface area contributed by atoms with Crippen LogP contribution in [-0.2, 0) is 0 Å². The number of hydrogen-bond donors (Lipinski definition) is 3. The first kappa shape index (κ1) is 15.9. The molecule has 3 N–H and O–H groups in total. The number of hydrogen-bond acceptors (Lipinski definition) is 4. The number of nitrogens with zero attached hydrogens (tertiary/aromatic N) is 2. The molecule has 130 valence electrons. The minimum atomic E-state index is -0.222. The number of carbonyl (C=O) groups is 1. The van der Waals surface area contributed by atoms with E-state index in [0.717, 1.165) is 28.1 Å². The number of rotatable bonds is 4. The molecular weight excluding hydrogens is 330 g/mol. The van der Waals surface area contributed by atoms with Gasteiger partial charge in [0.2, 0.25) is 0 Å². The first-order valence-electron chi connectivity index (χ1n) is 8.14. The maximum atomic E-state index is 12.5. The Labute approximate surface area is 149 Å². The molecule has 0 aliphatic heterocycles. The predicted molar refractivity (Wildman–Crippen MR) is 97.7 cm³/mol. The molecule has 0 fully saturated rings. The summed E-state index contributed by atoms with van der Waals surface area (Å²) in [6.07, 6.45) is 3.54. The fraction of sp³-hybridized carbons (Fsp3) is 0.105. The molecule has 3 heterocycles. The molecule has 3 aromatic heterocycles. The summed E-state index contributed by atoms with van der Waals surface area (Å²) in [6.45, 7) is 3.76. The lowest BCUT2D eigenvalue weighted by Crippen LogP contribution is -2.12. The molecule has 0 aliphatic rings. The van der Waals surface area contributed by atoms with Gasteiger partial charge in [0.05, 0.1) is 6.20 Å². The topological polar surface area (TPSA) is 99.6 Å². The molecule has 4 rings (SSSR count). The highest BCUT2D eigenvalue weighted by Gasteiger charge is 2.16. The van der Waals surface area contributed by atoms with Gasteiger partial charge in [-0.05, 0) is 43.7 Å². The van der Waals surface area contributed by atoms with E-state index in [2.05, 4.69) is 25.7 Å². The number of amides is 1. The summed E-state index contributed by atoms with van der Waals surface area (Å²) in [5.74, 6) is 1.77. The monoisotopic (exact) mass is 347 g/mol. The van der Waals surface area contributed by atoms with Crippen LogP contribution in [0.5, 0.6) is 0 Å². The molecule has 7 heteroatoms. The van der Waals surface area contributed by atoms with E-state index in [1.54, 1.807) is 24.5 Å². The lowest BCUT2D eigenvalue weighted by atomic mass is 10.1. The molecule has 0 spiro atoms. The van der Waals surface area contributed by atoms with Crippen LogP contribution in [0, 0.1) is 13.8 Å². The number of aromatic nitrogens is 4. The van der Waals surface area contributed by atoms with Crippen molar-refractivity contribution in [3.63, 3.8) is 0 Å². The fourth-order valence-corrected chi connectivity index (χ4v) is 2.73. The number of carbonyl (C=O) groups excluding carboxylic acids is 1. The lowest BCUT2D eigenvalue weighted by Gasteiger charge is -2.04. The third-order valence-electron chi connectivity index (χ3n) is 4.21. The predicted octanol–water partition coefficient (Wildman–Crippen LogP) is 3.93. The largest absolute Gasteiger partial charge is 0.460 e. The number of benzene rings is 1. The first-order valence-corrected chi connectivity index (χ1v) is 8.14. The van der Waals surface area contributed by atoms with Gasteiger partial charge >= 0.3 is 0 Å². The number of nitrogens with one attached hydrogen (secondary N) is 3. The second kappa shape index (κ2) is 6.36. The summed E-state index contributed by atoms with van der Waals surface area (Å²) < 4.78 is 5.61. The Kier molecular flexibility index (Phi) is 3.89. The van der Waals surface area contributed by atoms with Gasteiger partial charge < -0.3 is 9.73 Å². The lowest BCUT2D eigenvalue weighted by molar-refractivity contribution is 0.102. The summed E-state index contributed by atoms with van der Waals surface area (Å²) in [7, 11) is 0. The fourth-order valence-electron chi connectivity index (χ4n) is 2.73. The average Bonchev–Trinajstić information content (AvgIpc) is 3.38. The zero-order valence-corrected chi connectivity index (χ0v) is 14.3. The molecular formula is C19H17N5O2. The van der Waals surface area contributed by atoms with E-state index in [4.69, 9.17) is 4.42 Å². The van der Waals surface area contributed by atoms with Gasteiger partial charge in [-0.2, -0.15) is 10.2 Å². The molecule has 4 aromatic rings. The van der Waals surface area contributed by atoms with Gasteiger partial charge in [0.1, 0.15) is 11.5 Å². The third-order valence-corrected chi connectivity index (χ3v) is 4.21. The van der Waals surface area contributed by atoms with Crippen LogP contribution in [0.15, 0.2) is 53.2 Å². The minimum absolute atomic E-state index is 0.222. The van der Waals surface area contributed by atoms with Gasteiger partial charge in [-0.25, -0.2) is 0 Å². The zero-order valence-electron chi connectivity index (χ0n) is 14.3. The Morgan fingerprint density at radius 1 is 1.08 bits per heavy atom. The smallest absolute Gasteiger partial charge is 0.256 e. The Balaban J connectivity index is 1.52. The van der Waals surface area contributed by atoms with E-state index in [1.165, 1.54) is 0 Å². The van der Waals surface area contributed by atoms with Gasteiger partial charge in [-0.3, -0.25) is 15.0 Å². The Morgan fingerprint density at radius 3 is 2.54 bits per heavy atom. The molecule has 1 amide bonds. The van der Waals surface area contributed by atoms with Gasteiger partial charge in [-0.15, -0.1) is 0 Å². The van der Waals surface area contributed by atoms with Crippen LogP contribution in [0.25, 0.3) is 22.6 Å². The van der Waals surface area contributed by atoms with Crippen molar-refractivity contribution < 1.29 is 9.21 Å². The highest BCUT2D eigenvalue weighted by atomic mass is 16.3. The van der Waals surface area contributed by atoms with Crippen molar-refractivity contribution >= 4 is 11.7 Å². The van der Waals surface area contributed by atoms with Crippen molar-refractivity contribution in [2.45, 2.75) is 13.8 Å².